The van der Waals surface area contributed by atoms with Gasteiger partial charge in [-0.05, 0) is 44.7 Å². The van der Waals surface area contributed by atoms with E-state index in [2.05, 4.69) is 11.8 Å². The SMILES string of the molecule is CCC1(OC)CCN(CCCC(=O)c2ccccc2C)CC1. The maximum absolute atomic E-state index is 12.3. The largest absolute Gasteiger partial charge is 0.378 e. The summed E-state index contributed by atoms with van der Waals surface area (Å²) in [6, 6.07) is 7.87. The van der Waals surface area contributed by atoms with Gasteiger partial charge in [-0.15, -0.1) is 0 Å². The molecule has 0 spiro atoms. The van der Waals surface area contributed by atoms with E-state index in [9.17, 15) is 4.79 Å². The molecule has 3 nitrogen and oxygen atoms in total. The lowest BCUT2D eigenvalue weighted by molar-refractivity contribution is -0.0594. The molecule has 0 N–H and O–H groups in total. The Balaban J connectivity index is 1.74. The summed E-state index contributed by atoms with van der Waals surface area (Å²) in [5, 5.41) is 0. The topological polar surface area (TPSA) is 29.5 Å². The molecular weight excluding hydrogens is 274 g/mol. The van der Waals surface area contributed by atoms with E-state index in [4.69, 9.17) is 4.74 Å². The van der Waals surface area contributed by atoms with Crippen molar-refractivity contribution in [2.45, 2.75) is 51.6 Å². The van der Waals surface area contributed by atoms with Crippen LogP contribution in [-0.4, -0.2) is 43.0 Å². The highest BCUT2D eigenvalue weighted by Gasteiger charge is 2.32. The summed E-state index contributed by atoms with van der Waals surface area (Å²) < 4.78 is 5.71. The number of aryl methyl sites for hydroxylation is 1. The van der Waals surface area contributed by atoms with Crippen molar-refractivity contribution < 1.29 is 9.53 Å². The second-order valence-electron chi connectivity index (χ2n) is 6.42. The molecule has 1 heterocycles. The molecule has 1 aromatic carbocycles. The van der Waals surface area contributed by atoms with Gasteiger partial charge in [0.1, 0.15) is 0 Å². The minimum absolute atomic E-state index is 0.0907. The van der Waals surface area contributed by atoms with Gasteiger partial charge in [0, 0.05) is 32.2 Å². The number of carbonyl (C=O) groups is 1. The van der Waals surface area contributed by atoms with E-state index in [1.54, 1.807) is 0 Å². The summed E-state index contributed by atoms with van der Waals surface area (Å²) in [5.41, 5.74) is 2.05. The van der Waals surface area contributed by atoms with Crippen LogP contribution in [0.5, 0.6) is 0 Å². The molecule has 1 saturated heterocycles. The van der Waals surface area contributed by atoms with Crippen LogP contribution in [0.2, 0.25) is 0 Å². The Morgan fingerprint density at radius 2 is 1.95 bits per heavy atom. The lowest BCUT2D eigenvalue weighted by Gasteiger charge is -2.40. The smallest absolute Gasteiger partial charge is 0.163 e. The number of likely N-dealkylation sites (tertiary alicyclic amines) is 1. The first-order valence-corrected chi connectivity index (χ1v) is 8.46. The molecule has 1 aliphatic heterocycles. The van der Waals surface area contributed by atoms with Gasteiger partial charge in [-0.3, -0.25) is 4.79 Å². The summed E-state index contributed by atoms with van der Waals surface area (Å²) in [5.74, 6) is 0.273. The Hall–Kier alpha value is -1.19. The van der Waals surface area contributed by atoms with Crippen LogP contribution in [0.15, 0.2) is 24.3 Å². The predicted molar refractivity (Wildman–Crippen MR) is 90.4 cm³/mol. The van der Waals surface area contributed by atoms with E-state index in [1.165, 1.54) is 0 Å². The third-order valence-electron chi connectivity index (χ3n) is 5.17. The highest BCUT2D eigenvalue weighted by Crippen LogP contribution is 2.28. The minimum Gasteiger partial charge on any atom is -0.378 e. The van der Waals surface area contributed by atoms with Gasteiger partial charge in [-0.2, -0.15) is 0 Å². The van der Waals surface area contributed by atoms with Crippen LogP contribution in [0.4, 0.5) is 0 Å². The lowest BCUT2D eigenvalue weighted by atomic mass is 9.88. The molecule has 0 aromatic heterocycles. The molecule has 0 bridgehead atoms. The van der Waals surface area contributed by atoms with E-state index in [1.807, 2.05) is 38.3 Å². The molecule has 0 amide bonds. The molecule has 0 saturated carbocycles. The van der Waals surface area contributed by atoms with Crippen LogP contribution in [-0.2, 0) is 4.74 Å². The first-order valence-electron chi connectivity index (χ1n) is 8.46. The molecule has 2 rings (SSSR count). The van der Waals surface area contributed by atoms with E-state index in [0.717, 1.165) is 56.4 Å². The molecule has 1 aliphatic rings. The standard InChI is InChI=1S/C19H29NO2/c1-4-19(22-3)11-14-20(15-12-19)13-7-10-18(21)17-9-6-5-8-16(17)2/h5-6,8-9H,4,7,10-15H2,1-3H3. The average Bonchev–Trinajstić information content (AvgIpc) is 2.56. The van der Waals surface area contributed by atoms with Crippen LogP contribution in [0, 0.1) is 6.92 Å². The van der Waals surface area contributed by atoms with Crippen molar-refractivity contribution >= 4 is 5.78 Å². The van der Waals surface area contributed by atoms with E-state index in [0.29, 0.717) is 6.42 Å². The molecule has 1 aromatic rings. The number of nitrogens with zero attached hydrogens (tertiary/aromatic N) is 1. The van der Waals surface area contributed by atoms with Gasteiger partial charge in [0.25, 0.3) is 0 Å². The fourth-order valence-corrected chi connectivity index (χ4v) is 3.37. The summed E-state index contributed by atoms with van der Waals surface area (Å²) in [6.45, 7) is 7.40. The van der Waals surface area contributed by atoms with Crippen LogP contribution < -0.4 is 0 Å². The van der Waals surface area contributed by atoms with Crippen molar-refractivity contribution in [3.63, 3.8) is 0 Å². The van der Waals surface area contributed by atoms with Crippen molar-refractivity contribution in [3.8, 4) is 0 Å². The lowest BCUT2D eigenvalue weighted by Crippen LogP contribution is -2.45. The van der Waals surface area contributed by atoms with E-state index >= 15 is 0 Å². The second-order valence-corrected chi connectivity index (χ2v) is 6.42. The molecule has 1 fully saturated rings. The van der Waals surface area contributed by atoms with Crippen LogP contribution in [0.3, 0.4) is 0 Å². The van der Waals surface area contributed by atoms with Crippen molar-refractivity contribution in [2.24, 2.45) is 0 Å². The van der Waals surface area contributed by atoms with Crippen molar-refractivity contribution in [1.82, 2.24) is 4.90 Å². The Bertz CT molecular complexity index is 484. The number of ketones is 1. The molecule has 0 aliphatic carbocycles. The maximum atomic E-state index is 12.3. The zero-order valence-electron chi connectivity index (χ0n) is 14.2. The first kappa shape index (κ1) is 17.2. The highest BCUT2D eigenvalue weighted by atomic mass is 16.5. The number of hydrogen-bond donors (Lipinski definition) is 0. The van der Waals surface area contributed by atoms with Crippen molar-refractivity contribution in [2.75, 3.05) is 26.7 Å². The summed E-state index contributed by atoms with van der Waals surface area (Å²) in [4.78, 5) is 14.7. The van der Waals surface area contributed by atoms with Crippen molar-refractivity contribution in [1.29, 1.82) is 0 Å². The van der Waals surface area contributed by atoms with Gasteiger partial charge in [-0.25, -0.2) is 0 Å². The molecule has 0 unspecified atom stereocenters. The normalized spacial score (nSPS) is 18.3. The fourth-order valence-electron chi connectivity index (χ4n) is 3.37. The van der Waals surface area contributed by atoms with Gasteiger partial charge in [0.2, 0.25) is 0 Å². The quantitative estimate of drug-likeness (QED) is 0.717. The van der Waals surface area contributed by atoms with Gasteiger partial charge in [0.15, 0.2) is 5.78 Å². The zero-order chi connectivity index (χ0) is 16.0. The molecule has 122 valence electrons. The Morgan fingerprint density at radius 3 is 2.55 bits per heavy atom. The van der Waals surface area contributed by atoms with Crippen LogP contribution >= 0.6 is 0 Å². The number of benzene rings is 1. The summed E-state index contributed by atoms with van der Waals surface area (Å²) in [7, 11) is 1.83. The van der Waals surface area contributed by atoms with E-state index < -0.39 is 0 Å². The highest BCUT2D eigenvalue weighted by molar-refractivity contribution is 5.97. The van der Waals surface area contributed by atoms with Crippen molar-refractivity contribution in [3.05, 3.63) is 35.4 Å². The van der Waals surface area contributed by atoms with E-state index in [-0.39, 0.29) is 11.4 Å². The predicted octanol–water partition coefficient (Wildman–Crippen LogP) is 3.85. The average molecular weight is 303 g/mol. The Kier molecular flexibility index (Phi) is 6.16. The molecule has 0 radical (unpaired) electrons. The number of rotatable bonds is 7. The molecule has 0 atom stereocenters. The minimum atomic E-state index is 0.0907. The number of hydrogen-bond acceptors (Lipinski definition) is 3. The number of Topliss-reactive ketones (excluding diaryl/α,β-unsaturated/α-hetero) is 1. The van der Waals surface area contributed by atoms with Gasteiger partial charge in [0.05, 0.1) is 5.60 Å². The van der Waals surface area contributed by atoms with Gasteiger partial charge < -0.3 is 9.64 Å². The number of ether oxygens (including phenoxy) is 1. The number of carbonyl (C=O) groups excluding carboxylic acids is 1. The summed E-state index contributed by atoms with van der Waals surface area (Å²) in [6.07, 6.45) is 4.88. The fraction of sp³-hybridized carbons (Fsp3) is 0.632. The Morgan fingerprint density at radius 1 is 1.27 bits per heavy atom. The first-order chi connectivity index (χ1) is 10.6. The third kappa shape index (κ3) is 4.17. The molecule has 3 heteroatoms. The monoisotopic (exact) mass is 303 g/mol. The van der Waals surface area contributed by atoms with Gasteiger partial charge >= 0.3 is 0 Å². The van der Waals surface area contributed by atoms with Gasteiger partial charge in [-0.1, -0.05) is 31.2 Å². The van der Waals surface area contributed by atoms with Crippen LogP contribution in [0.25, 0.3) is 0 Å². The third-order valence-corrected chi connectivity index (χ3v) is 5.17. The molecular formula is C19H29NO2. The number of piperidine rings is 1. The Labute approximate surface area is 134 Å². The maximum Gasteiger partial charge on any atom is 0.163 e. The summed E-state index contributed by atoms with van der Waals surface area (Å²) >= 11 is 0. The number of methoxy groups -OCH3 is 1. The zero-order valence-corrected chi connectivity index (χ0v) is 14.2. The van der Waals surface area contributed by atoms with Crippen LogP contribution in [0.1, 0.15) is 54.9 Å². The molecule has 22 heavy (non-hydrogen) atoms. The second kappa shape index (κ2) is 7.89.